The van der Waals surface area contributed by atoms with Gasteiger partial charge in [0.25, 0.3) is 0 Å². The van der Waals surface area contributed by atoms with Crippen molar-refractivity contribution in [3.63, 3.8) is 0 Å². The Kier molecular flexibility index (Phi) is 3.36. The number of halogens is 1. The van der Waals surface area contributed by atoms with Gasteiger partial charge < -0.3 is 9.55 Å². The molecule has 86 valence electrons. The average molecular weight is 255 g/mol. The van der Waals surface area contributed by atoms with Gasteiger partial charge in [0.2, 0.25) is 0 Å². The lowest BCUT2D eigenvalue weighted by Gasteiger charge is -2.06. The molecule has 1 aromatic heterocycles. The second kappa shape index (κ2) is 4.60. The van der Waals surface area contributed by atoms with Gasteiger partial charge in [-0.2, -0.15) is 0 Å². The van der Waals surface area contributed by atoms with Crippen molar-refractivity contribution in [3.8, 4) is 0 Å². The van der Waals surface area contributed by atoms with Crippen molar-refractivity contribution in [1.29, 1.82) is 0 Å². The normalized spacial score (nSPS) is 11.5. The molecule has 16 heavy (non-hydrogen) atoms. The van der Waals surface area contributed by atoms with Crippen LogP contribution < -0.4 is 0 Å². The van der Waals surface area contributed by atoms with E-state index in [9.17, 15) is 0 Å². The first-order valence-corrected chi connectivity index (χ1v) is 6.24. The molecular formula is C12H15ClN2S. The third-order valence-corrected chi connectivity index (χ3v) is 3.22. The highest BCUT2D eigenvalue weighted by atomic mass is 35.5. The van der Waals surface area contributed by atoms with Crippen molar-refractivity contribution in [3.05, 3.63) is 28.0 Å². The zero-order valence-electron chi connectivity index (χ0n) is 9.46. The lowest BCUT2D eigenvalue weighted by molar-refractivity contribution is 0.520. The highest BCUT2D eigenvalue weighted by Gasteiger charge is 2.05. The Balaban J connectivity index is 2.46. The van der Waals surface area contributed by atoms with Gasteiger partial charge in [0.05, 0.1) is 11.0 Å². The maximum absolute atomic E-state index is 6.00. The van der Waals surface area contributed by atoms with Crippen LogP contribution in [0.2, 0.25) is 5.02 Å². The second-order valence-corrected chi connectivity index (χ2v) is 5.25. The molecule has 0 aliphatic heterocycles. The number of H-pyrrole nitrogens is 1. The van der Waals surface area contributed by atoms with Gasteiger partial charge in [-0.05, 0) is 42.8 Å². The number of hydrogen-bond acceptors (Lipinski definition) is 1. The van der Waals surface area contributed by atoms with Crippen molar-refractivity contribution in [2.45, 2.75) is 26.8 Å². The monoisotopic (exact) mass is 254 g/mol. The number of nitrogens with one attached hydrogen (secondary N) is 1. The van der Waals surface area contributed by atoms with Crippen LogP contribution in [0.15, 0.2) is 18.2 Å². The molecule has 0 aliphatic carbocycles. The zero-order chi connectivity index (χ0) is 11.7. The van der Waals surface area contributed by atoms with Crippen LogP contribution in [0, 0.1) is 10.7 Å². The number of benzene rings is 1. The van der Waals surface area contributed by atoms with E-state index in [0.29, 0.717) is 5.92 Å². The summed E-state index contributed by atoms with van der Waals surface area (Å²) in [5.74, 6) is 0.672. The Morgan fingerprint density at radius 3 is 2.88 bits per heavy atom. The van der Waals surface area contributed by atoms with Crippen LogP contribution >= 0.6 is 23.8 Å². The average Bonchev–Trinajstić information content (AvgIpc) is 2.51. The van der Waals surface area contributed by atoms with Gasteiger partial charge in [0.15, 0.2) is 4.77 Å². The first-order valence-electron chi connectivity index (χ1n) is 5.46. The molecule has 2 rings (SSSR count). The number of hydrogen-bond donors (Lipinski definition) is 1. The van der Waals surface area contributed by atoms with Gasteiger partial charge in [-0.3, -0.25) is 0 Å². The number of aromatic amines is 1. The number of nitrogens with zero attached hydrogens (tertiary/aromatic N) is 1. The molecule has 0 unspecified atom stereocenters. The summed E-state index contributed by atoms with van der Waals surface area (Å²) >= 11 is 11.3. The second-order valence-electron chi connectivity index (χ2n) is 4.43. The first-order chi connectivity index (χ1) is 7.58. The molecule has 1 heterocycles. The van der Waals surface area contributed by atoms with Gasteiger partial charge in [-0.25, -0.2) is 0 Å². The van der Waals surface area contributed by atoms with E-state index in [1.165, 1.54) is 0 Å². The molecule has 0 aliphatic rings. The lowest BCUT2D eigenvalue weighted by Crippen LogP contribution is -2.01. The highest BCUT2D eigenvalue weighted by Crippen LogP contribution is 2.20. The summed E-state index contributed by atoms with van der Waals surface area (Å²) in [5.41, 5.74) is 2.15. The third-order valence-electron chi connectivity index (χ3n) is 2.67. The van der Waals surface area contributed by atoms with E-state index >= 15 is 0 Å². The molecule has 2 nitrogen and oxygen atoms in total. The molecule has 1 aromatic carbocycles. The zero-order valence-corrected chi connectivity index (χ0v) is 11.0. The van der Waals surface area contributed by atoms with Crippen LogP contribution in [0.5, 0.6) is 0 Å². The summed E-state index contributed by atoms with van der Waals surface area (Å²) in [4.78, 5) is 3.20. The lowest BCUT2D eigenvalue weighted by atomic mass is 10.1. The molecular weight excluding hydrogens is 240 g/mol. The van der Waals surface area contributed by atoms with Crippen molar-refractivity contribution in [2.75, 3.05) is 0 Å². The van der Waals surface area contributed by atoms with E-state index in [0.717, 1.165) is 33.8 Å². The van der Waals surface area contributed by atoms with Crippen molar-refractivity contribution >= 4 is 34.9 Å². The molecule has 2 aromatic rings. The number of imidazole rings is 1. The quantitative estimate of drug-likeness (QED) is 0.806. The number of aromatic nitrogens is 2. The van der Waals surface area contributed by atoms with E-state index in [2.05, 4.69) is 23.4 Å². The summed E-state index contributed by atoms with van der Waals surface area (Å²) in [6, 6.07) is 5.81. The third kappa shape index (κ3) is 2.30. The molecule has 0 saturated heterocycles. The predicted molar refractivity (Wildman–Crippen MR) is 71.6 cm³/mol. The molecule has 4 heteroatoms. The van der Waals surface area contributed by atoms with Gasteiger partial charge >= 0.3 is 0 Å². The smallest absolute Gasteiger partial charge is 0.178 e. The van der Waals surface area contributed by atoms with Crippen molar-refractivity contribution < 1.29 is 0 Å². The highest BCUT2D eigenvalue weighted by molar-refractivity contribution is 7.71. The first kappa shape index (κ1) is 11.7. The van der Waals surface area contributed by atoms with E-state index in [1.54, 1.807) is 0 Å². The van der Waals surface area contributed by atoms with E-state index in [-0.39, 0.29) is 0 Å². The molecule has 0 atom stereocenters. The maximum atomic E-state index is 6.00. The van der Waals surface area contributed by atoms with E-state index in [4.69, 9.17) is 23.8 Å². The topological polar surface area (TPSA) is 20.7 Å². The van der Waals surface area contributed by atoms with Crippen LogP contribution in [0.1, 0.15) is 20.3 Å². The Labute approximate surface area is 105 Å². The minimum absolute atomic E-state index is 0.672. The molecule has 0 bridgehead atoms. The summed E-state index contributed by atoms with van der Waals surface area (Å²) in [7, 11) is 0. The van der Waals surface area contributed by atoms with Crippen molar-refractivity contribution in [1.82, 2.24) is 9.55 Å². The standard InChI is InChI=1S/C12H15ClN2S/c1-8(2)5-6-15-11-7-9(13)3-4-10(11)14-12(15)16/h3-4,7-8H,5-6H2,1-2H3,(H,14,16). The van der Waals surface area contributed by atoms with Crippen molar-refractivity contribution in [2.24, 2.45) is 5.92 Å². The minimum Gasteiger partial charge on any atom is -0.331 e. The van der Waals surface area contributed by atoms with E-state index < -0.39 is 0 Å². The van der Waals surface area contributed by atoms with Crippen LogP contribution in [0.4, 0.5) is 0 Å². The Morgan fingerprint density at radius 1 is 1.44 bits per heavy atom. The Bertz CT molecular complexity index is 554. The predicted octanol–water partition coefficient (Wildman–Crippen LogP) is 4.40. The molecule has 1 N–H and O–H groups in total. The summed E-state index contributed by atoms with van der Waals surface area (Å²) in [6.45, 7) is 5.37. The molecule has 0 saturated carbocycles. The van der Waals surface area contributed by atoms with Gasteiger partial charge in [-0.1, -0.05) is 25.4 Å². The molecule has 0 amide bonds. The number of fused-ring (bicyclic) bond motifs is 1. The number of aryl methyl sites for hydroxylation is 1. The maximum Gasteiger partial charge on any atom is 0.178 e. The van der Waals surface area contributed by atoms with Crippen LogP contribution in [-0.2, 0) is 6.54 Å². The SMILES string of the molecule is CC(C)CCn1c(=S)[nH]c2ccc(Cl)cc21. The van der Waals surface area contributed by atoms with Gasteiger partial charge in [0.1, 0.15) is 0 Å². The summed E-state index contributed by atoms with van der Waals surface area (Å²) in [5, 5.41) is 0.750. The fourth-order valence-electron chi connectivity index (χ4n) is 1.74. The molecule has 0 fully saturated rings. The van der Waals surface area contributed by atoms with Gasteiger partial charge in [0, 0.05) is 11.6 Å². The van der Waals surface area contributed by atoms with E-state index in [1.807, 2.05) is 18.2 Å². The Morgan fingerprint density at radius 2 is 2.19 bits per heavy atom. The van der Waals surface area contributed by atoms with Crippen LogP contribution in [-0.4, -0.2) is 9.55 Å². The van der Waals surface area contributed by atoms with Crippen LogP contribution in [0.25, 0.3) is 11.0 Å². The minimum atomic E-state index is 0.672. The van der Waals surface area contributed by atoms with Gasteiger partial charge in [-0.15, -0.1) is 0 Å². The Hall–Kier alpha value is -0.800. The molecule has 0 radical (unpaired) electrons. The molecule has 0 spiro atoms. The number of rotatable bonds is 3. The van der Waals surface area contributed by atoms with Crippen LogP contribution in [0.3, 0.4) is 0 Å². The fourth-order valence-corrected chi connectivity index (χ4v) is 2.20. The largest absolute Gasteiger partial charge is 0.331 e. The summed E-state index contributed by atoms with van der Waals surface area (Å²) in [6.07, 6.45) is 1.12. The summed E-state index contributed by atoms with van der Waals surface area (Å²) < 4.78 is 2.90. The fraction of sp³-hybridized carbons (Fsp3) is 0.417.